The quantitative estimate of drug-likeness (QED) is 0.839. The van der Waals surface area contributed by atoms with Gasteiger partial charge in [0.1, 0.15) is 18.2 Å². The van der Waals surface area contributed by atoms with Crippen molar-refractivity contribution in [1.29, 1.82) is 0 Å². The van der Waals surface area contributed by atoms with Gasteiger partial charge in [0.2, 0.25) is 0 Å². The minimum atomic E-state index is -0.648. The number of rotatable bonds is 4. The molecule has 0 spiro atoms. The van der Waals surface area contributed by atoms with Gasteiger partial charge < -0.3 is 5.73 Å². The molecule has 0 aliphatic rings. The number of alkyl halides is 1. The van der Waals surface area contributed by atoms with E-state index in [0.717, 1.165) is 11.1 Å². The number of H-pyrrole nitrogens is 1. The van der Waals surface area contributed by atoms with E-state index in [-0.39, 0.29) is 0 Å². The second-order valence-corrected chi connectivity index (χ2v) is 4.45. The lowest BCUT2D eigenvalue weighted by Gasteiger charge is -2.02. The first-order valence-electron chi connectivity index (χ1n) is 6.10. The number of aromatic nitrogens is 4. The molecule has 5 nitrogen and oxygen atoms in total. The molecule has 0 fully saturated rings. The van der Waals surface area contributed by atoms with Crippen LogP contribution in [0.2, 0.25) is 0 Å². The third kappa shape index (κ3) is 2.59. The summed E-state index contributed by atoms with van der Waals surface area (Å²) in [6.45, 7) is 6.72. The molecule has 0 saturated carbocycles. The third-order valence-corrected chi connectivity index (χ3v) is 2.93. The number of anilines is 1. The van der Waals surface area contributed by atoms with Crippen molar-refractivity contribution in [3.63, 3.8) is 0 Å². The average molecular weight is 273 g/mol. The summed E-state index contributed by atoms with van der Waals surface area (Å²) in [5, 5.41) is 6.75. The molecular weight excluding hydrogens is 257 g/mol. The number of halogens is 1. The van der Waals surface area contributed by atoms with Crippen LogP contribution in [0.4, 0.5) is 10.2 Å². The maximum Gasteiger partial charge on any atom is 0.182 e. The molecule has 2 rings (SSSR count). The zero-order chi connectivity index (χ0) is 14.7. The molecule has 0 aliphatic heterocycles. The van der Waals surface area contributed by atoms with Gasteiger partial charge in [0.05, 0.1) is 5.69 Å². The van der Waals surface area contributed by atoms with Gasteiger partial charge in [0.15, 0.2) is 5.82 Å². The molecule has 104 valence electrons. The number of nitrogen functional groups attached to an aromatic ring is 1. The van der Waals surface area contributed by atoms with E-state index in [1.54, 1.807) is 18.3 Å². The second-order valence-electron chi connectivity index (χ2n) is 4.45. The van der Waals surface area contributed by atoms with Crippen LogP contribution in [-0.2, 0) is 6.67 Å². The maximum absolute atomic E-state index is 13.0. The molecule has 6 heteroatoms. The zero-order valence-electron chi connectivity index (χ0n) is 11.4. The molecule has 3 N–H and O–H groups in total. The highest BCUT2D eigenvalue weighted by Crippen LogP contribution is 2.25. The van der Waals surface area contributed by atoms with Crippen molar-refractivity contribution in [2.45, 2.75) is 20.5 Å². The fourth-order valence-electron chi connectivity index (χ4n) is 1.67. The Morgan fingerprint density at radius 3 is 2.90 bits per heavy atom. The summed E-state index contributed by atoms with van der Waals surface area (Å²) in [5.74, 6) is 0.752. The first-order valence-corrected chi connectivity index (χ1v) is 6.10. The van der Waals surface area contributed by atoms with Gasteiger partial charge in [-0.05, 0) is 19.9 Å². The smallest absolute Gasteiger partial charge is 0.182 e. The SMILES string of the molecule is C=C/C(C)=C\c1c(-c2ncc(C)c(N)n2)n[nH]c1CF. The number of nitrogens with zero attached hydrogens (tertiary/aromatic N) is 3. The standard InChI is InChI=1S/C14H16FN5/c1-4-8(2)5-10-11(6-15)19-20-12(10)14-17-7-9(3)13(16)18-14/h4-5,7H,1,6H2,2-3H3,(H,19,20)(H2,16,17,18)/b8-5-. The normalized spacial score (nSPS) is 11.7. The van der Waals surface area contributed by atoms with Crippen LogP contribution in [0.3, 0.4) is 0 Å². The second kappa shape index (κ2) is 5.64. The summed E-state index contributed by atoms with van der Waals surface area (Å²) >= 11 is 0. The van der Waals surface area contributed by atoms with E-state index in [2.05, 4.69) is 26.7 Å². The minimum Gasteiger partial charge on any atom is -0.383 e. The molecule has 0 radical (unpaired) electrons. The molecule has 0 aliphatic carbocycles. The Labute approximate surface area is 116 Å². The Hall–Kier alpha value is -2.50. The predicted octanol–water partition coefficient (Wildman–Crippen LogP) is 2.82. The van der Waals surface area contributed by atoms with Gasteiger partial charge in [-0.15, -0.1) is 0 Å². The van der Waals surface area contributed by atoms with Crippen LogP contribution in [-0.4, -0.2) is 20.2 Å². The van der Waals surface area contributed by atoms with Crippen LogP contribution in [0.25, 0.3) is 17.6 Å². The molecule has 2 aromatic heterocycles. The van der Waals surface area contributed by atoms with Crippen molar-refractivity contribution in [1.82, 2.24) is 20.2 Å². The Kier molecular flexibility index (Phi) is 3.93. The van der Waals surface area contributed by atoms with Crippen molar-refractivity contribution in [3.05, 3.63) is 41.2 Å². The van der Waals surface area contributed by atoms with Gasteiger partial charge in [-0.2, -0.15) is 5.10 Å². The number of aromatic amines is 1. The summed E-state index contributed by atoms with van der Waals surface area (Å²) in [7, 11) is 0. The lowest BCUT2D eigenvalue weighted by molar-refractivity contribution is 0.475. The number of nitrogens with one attached hydrogen (secondary N) is 1. The summed E-state index contributed by atoms with van der Waals surface area (Å²) in [5.41, 5.74) is 8.93. The van der Waals surface area contributed by atoms with Gasteiger partial charge >= 0.3 is 0 Å². The molecular formula is C14H16FN5. The Balaban J connectivity index is 2.59. The number of hydrogen-bond donors (Lipinski definition) is 2. The van der Waals surface area contributed by atoms with E-state index in [1.165, 1.54) is 0 Å². The molecule has 2 heterocycles. The summed E-state index contributed by atoms with van der Waals surface area (Å²) < 4.78 is 13.0. The van der Waals surface area contributed by atoms with E-state index in [0.29, 0.717) is 28.6 Å². The summed E-state index contributed by atoms with van der Waals surface area (Å²) in [4.78, 5) is 8.39. The largest absolute Gasteiger partial charge is 0.383 e. The van der Waals surface area contributed by atoms with Crippen molar-refractivity contribution >= 4 is 11.9 Å². The Morgan fingerprint density at radius 1 is 1.55 bits per heavy atom. The topological polar surface area (TPSA) is 80.5 Å². The van der Waals surface area contributed by atoms with Gasteiger partial charge in [0.25, 0.3) is 0 Å². The zero-order valence-corrected chi connectivity index (χ0v) is 11.4. The van der Waals surface area contributed by atoms with E-state index < -0.39 is 6.67 Å². The highest BCUT2D eigenvalue weighted by molar-refractivity contribution is 5.71. The molecule has 0 unspecified atom stereocenters. The Morgan fingerprint density at radius 2 is 2.30 bits per heavy atom. The fourth-order valence-corrected chi connectivity index (χ4v) is 1.67. The minimum absolute atomic E-state index is 0.368. The Bertz CT molecular complexity index is 672. The van der Waals surface area contributed by atoms with E-state index >= 15 is 0 Å². The summed E-state index contributed by atoms with van der Waals surface area (Å²) in [6.07, 6.45) is 5.10. The van der Waals surface area contributed by atoms with E-state index in [1.807, 2.05) is 13.8 Å². The van der Waals surface area contributed by atoms with Crippen molar-refractivity contribution in [2.24, 2.45) is 0 Å². The van der Waals surface area contributed by atoms with E-state index in [4.69, 9.17) is 5.73 Å². The third-order valence-electron chi connectivity index (χ3n) is 2.93. The first-order chi connectivity index (χ1) is 9.56. The van der Waals surface area contributed by atoms with Crippen LogP contribution in [0.5, 0.6) is 0 Å². The highest BCUT2D eigenvalue weighted by atomic mass is 19.1. The number of nitrogens with two attached hydrogens (primary N) is 1. The van der Waals surface area contributed by atoms with Crippen LogP contribution in [0.15, 0.2) is 24.4 Å². The van der Waals surface area contributed by atoms with E-state index in [9.17, 15) is 4.39 Å². The maximum atomic E-state index is 13.0. The lowest BCUT2D eigenvalue weighted by atomic mass is 10.1. The number of hydrogen-bond acceptors (Lipinski definition) is 4. The van der Waals surface area contributed by atoms with Crippen molar-refractivity contribution in [2.75, 3.05) is 5.73 Å². The number of aryl methyl sites for hydroxylation is 1. The van der Waals surface area contributed by atoms with Crippen LogP contribution in [0, 0.1) is 6.92 Å². The van der Waals surface area contributed by atoms with Gasteiger partial charge in [0, 0.05) is 17.3 Å². The molecule has 0 saturated heterocycles. The molecule has 0 amide bonds. The molecule has 20 heavy (non-hydrogen) atoms. The van der Waals surface area contributed by atoms with Crippen molar-refractivity contribution < 1.29 is 4.39 Å². The van der Waals surface area contributed by atoms with Gasteiger partial charge in [-0.25, -0.2) is 14.4 Å². The van der Waals surface area contributed by atoms with Crippen LogP contribution in [0.1, 0.15) is 23.7 Å². The van der Waals surface area contributed by atoms with Crippen molar-refractivity contribution in [3.8, 4) is 11.5 Å². The highest BCUT2D eigenvalue weighted by Gasteiger charge is 2.16. The van der Waals surface area contributed by atoms with Gasteiger partial charge in [-0.3, -0.25) is 5.10 Å². The molecule has 0 atom stereocenters. The van der Waals surface area contributed by atoms with Crippen LogP contribution >= 0.6 is 0 Å². The number of allylic oxidation sites excluding steroid dienone is 2. The van der Waals surface area contributed by atoms with Crippen LogP contribution < -0.4 is 5.73 Å². The molecule has 0 bridgehead atoms. The predicted molar refractivity (Wildman–Crippen MR) is 77.4 cm³/mol. The monoisotopic (exact) mass is 273 g/mol. The first kappa shape index (κ1) is 13.9. The van der Waals surface area contributed by atoms with Gasteiger partial charge in [-0.1, -0.05) is 18.2 Å². The summed E-state index contributed by atoms with van der Waals surface area (Å²) in [6, 6.07) is 0. The average Bonchev–Trinajstić information content (AvgIpc) is 2.84. The molecule has 2 aromatic rings. The lowest BCUT2D eigenvalue weighted by Crippen LogP contribution is -1.99. The molecule has 0 aromatic carbocycles. The fraction of sp³-hybridized carbons (Fsp3) is 0.214.